The molecule has 264 valence electrons. The van der Waals surface area contributed by atoms with Crippen molar-refractivity contribution in [2.24, 2.45) is 0 Å². The summed E-state index contributed by atoms with van der Waals surface area (Å²) in [6.45, 7) is 5.34. The molecule has 1 fully saturated rings. The van der Waals surface area contributed by atoms with Crippen LogP contribution >= 0.6 is 23.1 Å². The first kappa shape index (κ1) is 36.9. The molecule has 0 unspecified atom stereocenters. The Bertz CT molecular complexity index is 1800. The zero-order valence-corrected chi connectivity index (χ0v) is 30.2. The van der Waals surface area contributed by atoms with Gasteiger partial charge in [0.1, 0.15) is 17.3 Å². The third kappa shape index (κ3) is 8.83. The van der Waals surface area contributed by atoms with Crippen LogP contribution in [-0.2, 0) is 15.3 Å². The molecule has 1 atom stereocenters. The van der Waals surface area contributed by atoms with Crippen LogP contribution in [0.25, 0.3) is 5.76 Å². The SMILES string of the molecule is CCCCCCCOc1ccc([C@H]2C(=C(O)c3ccc(OCCCC)cc3)C(=O)C(=O)N2c2nnc(SCc3ccccc3F)s2)cc1OC. The van der Waals surface area contributed by atoms with Gasteiger partial charge in [-0.3, -0.25) is 14.5 Å². The molecule has 12 heteroatoms. The van der Waals surface area contributed by atoms with Crippen LogP contribution in [0.5, 0.6) is 17.2 Å². The van der Waals surface area contributed by atoms with Gasteiger partial charge in [-0.1, -0.05) is 93.3 Å². The number of Topliss-reactive ketones (excluding diaryl/α,β-unsaturated/α-hetero) is 1. The van der Waals surface area contributed by atoms with E-state index in [1.807, 2.05) is 0 Å². The highest BCUT2D eigenvalue weighted by molar-refractivity contribution is 8.00. The van der Waals surface area contributed by atoms with Crippen molar-refractivity contribution in [3.8, 4) is 17.2 Å². The fourth-order valence-corrected chi connectivity index (χ4v) is 7.37. The summed E-state index contributed by atoms with van der Waals surface area (Å²) >= 11 is 2.38. The Morgan fingerprint density at radius 3 is 2.38 bits per heavy atom. The number of ketones is 1. The van der Waals surface area contributed by atoms with Crippen LogP contribution in [0.1, 0.15) is 81.5 Å². The van der Waals surface area contributed by atoms with Crippen LogP contribution in [0, 0.1) is 5.82 Å². The van der Waals surface area contributed by atoms with E-state index < -0.39 is 17.7 Å². The van der Waals surface area contributed by atoms with Crippen molar-refractivity contribution in [2.45, 2.75) is 74.9 Å². The first-order chi connectivity index (χ1) is 24.4. The van der Waals surface area contributed by atoms with Gasteiger partial charge in [-0.2, -0.15) is 0 Å². The van der Waals surface area contributed by atoms with Gasteiger partial charge >= 0.3 is 5.91 Å². The number of unbranched alkanes of at least 4 members (excludes halogenated alkanes) is 5. The molecule has 1 amide bonds. The molecule has 2 heterocycles. The number of aliphatic hydroxyl groups excluding tert-OH is 1. The van der Waals surface area contributed by atoms with Crippen LogP contribution in [0.2, 0.25) is 0 Å². The second-order valence-electron chi connectivity index (χ2n) is 11.8. The summed E-state index contributed by atoms with van der Waals surface area (Å²) in [4.78, 5) is 28.8. The molecule has 0 saturated carbocycles. The molecule has 0 aliphatic carbocycles. The number of carbonyl (C=O) groups excluding carboxylic acids is 2. The average molecular weight is 720 g/mol. The Morgan fingerprint density at radius 2 is 1.64 bits per heavy atom. The van der Waals surface area contributed by atoms with E-state index in [1.54, 1.807) is 60.7 Å². The summed E-state index contributed by atoms with van der Waals surface area (Å²) in [6.07, 6.45) is 7.38. The second kappa shape index (κ2) is 18.0. The van der Waals surface area contributed by atoms with Gasteiger partial charge in [0.15, 0.2) is 15.8 Å². The zero-order valence-electron chi connectivity index (χ0n) is 28.5. The Kier molecular flexibility index (Phi) is 13.3. The summed E-state index contributed by atoms with van der Waals surface area (Å²) in [5.41, 5.74) is 1.27. The van der Waals surface area contributed by atoms with Gasteiger partial charge in [0, 0.05) is 11.3 Å². The molecule has 1 aromatic heterocycles. The first-order valence-electron chi connectivity index (χ1n) is 16.9. The Balaban J connectivity index is 1.48. The van der Waals surface area contributed by atoms with Gasteiger partial charge in [-0.25, -0.2) is 4.39 Å². The predicted molar refractivity (Wildman–Crippen MR) is 195 cm³/mol. The van der Waals surface area contributed by atoms with Crippen LogP contribution < -0.4 is 19.1 Å². The van der Waals surface area contributed by atoms with Gasteiger partial charge in [0.25, 0.3) is 5.78 Å². The van der Waals surface area contributed by atoms with Crippen molar-refractivity contribution >= 4 is 45.7 Å². The summed E-state index contributed by atoms with van der Waals surface area (Å²) in [5.74, 6) is -0.485. The van der Waals surface area contributed by atoms with Crippen molar-refractivity contribution < 1.29 is 33.3 Å². The van der Waals surface area contributed by atoms with E-state index in [4.69, 9.17) is 14.2 Å². The smallest absolute Gasteiger partial charge is 0.301 e. The lowest BCUT2D eigenvalue weighted by molar-refractivity contribution is -0.132. The van der Waals surface area contributed by atoms with Gasteiger partial charge < -0.3 is 19.3 Å². The van der Waals surface area contributed by atoms with E-state index in [-0.39, 0.29) is 22.3 Å². The van der Waals surface area contributed by atoms with Gasteiger partial charge in [-0.05, 0) is 66.4 Å². The first-order valence-corrected chi connectivity index (χ1v) is 18.7. The van der Waals surface area contributed by atoms with E-state index in [0.29, 0.717) is 57.2 Å². The van der Waals surface area contributed by atoms with E-state index in [9.17, 15) is 19.1 Å². The fraction of sp³-hybridized carbons (Fsp3) is 0.368. The van der Waals surface area contributed by atoms with Gasteiger partial charge in [-0.15, -0.1) is 10.2 Å². The summed E-state index contributed by atoms with van der Waals surface area (Å²) in [5, 5.41) is 20.3. The zero-order chi connectivity index (χ0) is 35.5. The monoisotopic (exact) mass is 719 g/mol. The highest BCUT2D eigenvalue weighted by Gasteiger charge is 2.48. The number of benzene rings is 3. The van der Waals surface area contributed by atoms with Crippen molar-refractivity contribution in [1.29, 1.82) is 0 Å². The lowest BCUT2D eigenvalue weighted by Crippen LogP contribution is -2.29. The van der Waals surface area contributed by atoms with Crippen molar-refractivity contribution in [3.05, 3.63) is 94.8 Å². The van der Waals surface area contributed by atoms with Gasteiger partial charge in [0.2, 0.25) is 5.13 Å². The number of hydrogen-bond donors (Lipinski definition) is 1. The molecule has 3 aromatic carbocycles. The maximum atomic E-state index is 14.3. The minimum absolute atomic E-state index is 0.0999. The quantitative estimate of drug-likeness (QED) is 0.0269. The number of halogens is 1. The molecule has 0 bridgehead atoms. The molecular weight excluding hydrogens is 678 g/mol. The maximum Gasteiger partial charge on any atom is 0.301 e. The van der Waals surface area contributed by atoms with Crippen LogP contribution in [0.4, 0.5) is 9.52 Å². The van der Waals surface area contributed by atoms with Crippen molar-refractivity contribution in [1.82, 2.24) is 10.2 Å². The molecule has 1 aliphatic rings. The third-order valence-corrected chi connectivity index (χ3v) is 10.4. The highest BCUT2D eigenvalue weighted by atomic mass is 32.2. The summed E-state index contributed by atoms with van der Waals surface area (Å²) in [6, 6.07) is 17.4. The molecule has 1 saturated heterocycles. The van der Waals surface area contributed by atoms with E-state index in [0.717, 1.165) is 49.9 Å². The lowest BCUT2D eigenvalue weighted by atomic mass is 9.95. The number of aliphatic hydroxyl groups is 1. The maximum absolute atomic E-state index is 14.3. The normalized spacial score (nSPS) is 15.4. The summed E-state index contributed by atoms with van der Waals surface area (Å²) in [7, 11) is 1.53. The predicted octanol–water partition coefficient (Wildman–Crippen LogP) is 9.13. The number of rotatable bonds is 18. The number of methoxy groups -OCH3 is 1. The largest absolute Gasteiger partial charge is 0.507 e. The highest BCUT2D eigenvalue weighted by Crippen LogP contribution is 2.46. The van der Waals surface area contributed by atoms with Crippen LogP contribution in [-0.4, -0.2) is 47.3 Å². The molecule has 0 spiro atoms. The Labute approximate surface area is 300 Å². The molecule has 50 heavy (non-hydrogen) atoms. The molecule has 1 aliphatic heterocycles. The minimum Gasteiger partial charge on any atom is -0.507 e. The molecular formula is C38H42FN3O6S2. The Morgan fingerprint density at radius 1 is 0.900 bits per heavy atom. The number of nitrogens with zero attached hydrogens (tertiary/aromatic N) is 3. The van der Waals surface area contributed by atoms with E-state index in [2.05, 4.69) is 24.0 Å². The number of ether oxygens (including phenoxy) is 3. The fourth-order valence-electron chi connectivity index (χ4n) is 5.52. The minimum atomic E-state index is -1.05. The number of thioether (sulfide) groups is 1. The molecule has 0 radical (unpaired) electrons. The van der Waals surface area contributed by atoms with E-state index in [1.165, 1.54) is 36.3 Å². The van der Waals surface area contributed by atoms with Crippen molar-refractivity contribution in [3.63, 3.8) is 0 Å². The number of hydrogen-bond acceptors (Lipinski definition) is 10. The number of carbonyl (C=O) groups is 2. The van der Waals surface area contributed by atoms with Crippen LogP contribution in [0.3, 0.4) is 0 Å². The van der Waals surface area contributed by atoms with E-state index >= 15 is 0 Å². The Hall–Kier alpha value is -4.42. The summed E-state index contributed by atoms with van der Waals surface area (Å²) < 4.78 is 32.3. The topological polar surface area (TPSA) is 111 Å². The second-order valence-corrected chi connectivity index (χ2v) is 14.0. The molecule has 4 aromatic rings. The number of anilines is 1. The van der Waals surface area contributed by atoms with Gasteiger partial charge in [0.05, 0.1) is 31.9 Å². The van der Waals surface area contributed by atoms with Crippen LogP contribution in [0.15, 0.2) is 76.6 Å². The standard InChI is InChI=1S/C38H42FN3O6S2/c1-4-6-8-9-12-22-48-30-20-17-26(23-31(30)46-3)33-32(34(43)25-15-18-28(19-16-25)47-21-7-5-2)35(44)36(45)42(33)37-40-41-38(50-37)49-24-27-13-10-11-14-29(27)39/h10-11,13-20,23,33,43H,4-9,12,21-22,24H2,1-3H3/t33-/m0/s1. The van der Waals surface area contributed by atoms with Crippen molar-refractivity contribution in [2.75, 3.05) is 25.2 Å². The lowest BCUT2D eigenvalue weighted by Gasteiger charge is -2.23. The third-order valence-electron chi connectivity index (χ3n) is 8.26. The molecule has 9 nitrogen and oxygen atoms in total. The molecule has 1 N–H and O–H groups in total. The molecule has 5 rings (SSSR count). The number of aromatic nitrogens is 2. The average Bonchev–Trinajstić information content (AvgIpc) is 3.70. The number of amides is 1.